The summed E-state index contributed by atoms with van der Waals surface area (Å²) in [5.41, 5.74) is 0.602. The molecule has 3 rings (SSSR count). The van der Waals surface area contributed by atoms with Crippen molar-refractivity contribution in [3.8, 4) is 11.5 Å². The molecule has 0 aromatic heterocycles. The van der Waals surface area contributed by atoms with Crippen LogP contribution in [0.1, 0.15) is 33.3 Å². The normalized spacial score (nSPS) is 25.0. The fourth-order valence-electron chi connectivity index (χ4n) is 4.21. The number of carbonyl (C=O) groups is 5. The summed E-state index contributed by atoms with van der Waals surface area (Å²) in [6.07, 6.45) is -5.39. The van der Waals surface area contributed by atoms with Crippen LogP contribution in [0.4, 0.5) is 0 Å². The van der Waals surface area contributed by atoms with Gasteiger partial charge < -0.3 is 33.2 Å². The number of rotatable bonds is 9. The van der Waals surface area contributed by atoms with Gasteiger partial charge >= 0.3 is 23.9 Å². The van der Waals surface area contributed by atoms with Gasteiger partial charge in [0.25, 0.3) is 5.91 Å². The van der Waals surface area contributed by atoms with E-state index in [0.717, 1.165) is 44.4 Å². The highest BCUT2D eigenvalue weighted by atomic mass is 32.2. The average molecular weight is 612 g/mol. The van der Waals surface area contributed by atoms with Gasteiger partial charge in [-0.3, -0.25) is 28.9 Å². The molecule has 0 saturated carbocycles. The monoisotopic (exact) mass is 611 g/mol. The second-order valence-electron chi connectivity index (χ2n) is 8.76. The molecule has 2 aliphatic heterocycles. The predicted molar refractivity (Wildman–Crippen MR) is 147 cm³/mol. The Bertz CT molecular complexity index is 1260. The molecule has 15 heteroatoms. The van der Waals surface area contributed by atoms with E-state index in [9.17, 15) is 24.0 Å². The third kappa shape index (κ3) is 7.74. The lowest BCUT2D eigenvalue weighted by Crippen LogP contribution is -2.66. The third-order valence-electron chi connectivity index (χ3n) is 5.75. The number of ether oxygens (including phenoxy) is 7. The Labute approximate surface area is 245 Å². The number of hydrogen-bond acceptors (Lipinski definition) is 14. The van der Waals surface area contributed by atoms with Crippen LogP contribution < -0.4 is 9.47 Å². The Kier molecular flexibility index (Phi) is 10.7. The quantitative estimate of drug-likeness (QED) is 0.173. The molecule has 2 heterocycles. The van der Waals surface area contributed by atoms with Crippen LogP contribution in [-0.4, -0.2) is 90.5 Å². The molecular weight excluding hydrogens is 582 g/mol. The van der Waals surface area contributed by atoms with Crippen LogP contribution in [-0.2, 0) is 47.7 Å². The predicted octanol–water partition coefficient (Wildman–Crippen LogP) is 1.99. The second kappa shape index (κ2) is 13.8. The topological polar surface area (TPSA) is 153 Å². The Morgan fingerprint density at radius 3 is 2.05 bits per heavy atom. The van der Waals surface area contributed by atoms with E-state index in [2.05, 4.69) is 0 Å². The Morgan fingerprint density at radius 1 is 0.902 bits per heavy atom. The van der Waals surface area contributed by atoms with Gasteiger partial charge in [0.2, 0.25) is 0 Å². The number of nitrogens with zero attached hydrogens (tertiary/aromatic N) is 1. The highest BCUT2D eigenvalue weighted by Crippen LogP contribution is 2.40. The molecule has 0 spiro atoms. The van der Waals surface area contributed by atoms with E-state index in [4.69, 9.17) is 45.4 Å². The summed E-state index contributed by atoms with van der Waals surface area (Å²) in [7, 11) is 2.97. The van der Waals surface area contributed by atoms with Gasteiger partial charge in [0.05, 0.1) is 19.1 Å². The van der Waals surface area contributed by atoms with Crippen molar-refractivity contribution in [1.82, 2.24) is 4.90 Å². The lowest BCUT2D eigenvalue weighted by atomic mass is 9.96. The number of hydrogen-bond donors (Lipinski definition) is 0. The summed E-state index contributed by atoms with van der Waals surface area (Å²) in [5.74, 6) is -2.70. The van der Waals surface area contributed by atoms with E-state index in [1.807, 2.05) is 0 Å². The summed E-state index contributed by atoms with van der Waals surface area (Å²) < 4.78 is 38.1. The van der Waals surface area contributed by atoms with E-state index in [-0.39, 0.29) is 9.23 Å². The van der Waals surface area contributed by atoms with Gasteiger partial charge in [0, 0.05) is 27.7 Å². The molecule has 222 valence electrons. The van der Waals surface area contributed by atoms with E-state index < -0.39 is 67.0 Å². The molecule has 0 N–H and O–H groups in total. The van der Waals surface area contributed by atoms with Crippen LogP contribution in [0.5, 0.6) is 11.5 Å². The SMILES string of the molecule is COc1ccc(/C=C2/SC(=S)N(C3OC(COC(C)=O)C(OC(C)=O)C(OC(C)=O)C3OC(C)=O)C2=O)cc1OC. The Hall–Kier alpha value is -3.69. The van der Waals surface area contributed by atoms with Gasteiger partial charge in [-0.2, -0.15) is 0 Å². The molecule has 2 aliphatic rings. The second-order valence-corrected chi connectivity index (χ2v) is 10.4. The number of thiocarbonyl (C=S) groups is 1. The average Bonchev–Trinajstić information content (AvgIpc) is 3.16. The molecule has 2 fully saturated rings. The highest BCUT2D eigenvalue weighted by molar-refractivity contribution is 8.26. The highest BCUT2D eigenvalue weighted by Gasteiger charge is 2.56. The first kappa shape index (κ1) is 31.8. The maximum Gasteiger partial charge on any atom is 0.303 e. The van der Waals surface area contributed by atoms with E-state index in [1.165, 1.54) is 14.2 Å². The molecule has 1 aromatic carbocycles. The largest absolute Gasteiger partial charge is 0.493 e. The number of carbonyl (C=O) groups excluding carboxylic acids is 5. The van der Waals surface area contributed by atoms with E-state index in [1.54, 1.807) is 24.3 Å². The summed E-state index contributed by atoms with van der Waals surface area (Å²) >= 11 is 6.46. The summed E-state index contributed by atoms with van der Waals surface area (Å²) in [6.45, 7) is 4.04. The minimum absolute atomic E-state index is 0.0441. The van der Waals surface area contributed by atoms with Crippen molar-refractivity contribution < 1.29 is 57.1 Å². The summed E-state index contributed by atoms with van der Waals surface area (Å²) in [4.78, 5) is 62.7. The molecule has 1 amide bonds. The van der Waals surface area contributed by atoms with E-state index >= 15 is 0 Å². The fourth-order valence-corrected chi connectivity index (χ4v) is 5.52. The zero-order valence-electron chi connectivity index (χ0n) is 23.1. The van der Waals surface area contributed by atoms with Crippen LogP contribution >= 0.6 is 24.0 Å². The van der Waals surface area contributed by atoms with Crippen LogP contribution in [0.3, 0.4) is 0 Å². The van der Waals surface area contributed by atoms with Crippen molar-refractivity contribution in [3.05, 3.63) is 28.7 Å². The summed E-state index contributed by atoms with van der Waals surface area (Å²) in [5, 5.41) is 0. The minimum Gasteiger partial charge on any atom is -0.493 e. The molecule has 13 nitrogen and oxygen atoms in total. The fraction of sp³-hybridized carbons (Fsp3) is 0.462. The van der Waals surface area contributed by atoms with Crippen LogP contribution in [0.2, 0.25) is 0 Å². The molecule has 41 heavy (non-hydrogen) atoms. The molecule has 5 unspecified atom stereocenters. The first-order chi connectivity index (χ1) is 19.4. The van der Waals surface area contributed by atoms with Gasteiger partial charge in [0.1, 0.15) is 12.7 Å². The van der Waals surface area contributed by atoms with Crippen molar-refractivity contribution in [2.24, 2.45) is 0 Å². The van der Waals surface area contributed by atoms with Crippen molar-refractivity contribution >= 4 is 64.2 Å². The van der Waals surface area contributed by atoms with Crippen LogP contribution in [0.15, 0.2) is 23.1 Å². The van der Waals surface area contributed by atoms with Crippen molar-refractivity contribution in [2.75, 3.05) is 20.8 Å². The third-order valence-corrected chi connectivity index (χ3v) is 7.08. The maximum absolute atomic E-state index is 13.7. The zero-order chi connectivity index (χ0) is 30.4. The molecule has 0 bridgehead atoms. The van der Waals surface area contributed by atoms with Crippen molar-refractivity contribution in [3.63, 3.8) is 0 Å². The maximum atomic E-state index is 13.7. The zero-order valence-corrected chi connectivity index (χ0v) is 24.7. The van der Waals surface area contributed by atoms with Crippen molar-refractivity contribution in [1.29, 1.82) is 0 Å². The number of benzene rings is 1. The van der Waals surface area contributed by atoms with Gasteiger partial charge in [-0.05, 0) is 23.8 Å². The molecule has 2 saturated heterocycles. The van der Waals surface area contributed by atoms with Gasteiger partial charge in [-0.15, -0.1) is 0 Å². The number of methoxy groups -OCH3 is 2. The minimum atomic E-state index is -1.47. The number of amides is 1. The van der Waals surface area contributed by atoms with Gasteiger partial charge in [0.15, 0.2) is 40.4 Å². The molecule has 5 atom stereocenters. The smallest absolute Gasteiger partial charge is 0.303 e. The lowest BCUT2D eigenvalue weighted by Gasteiger charge is -2.46. The standard InChI is InChI=1S/C26H29NO12S2/c1-12(28)35-11-19-21(36-13(2)29)22(37-14(3)30)23(38-15(4)31)25(39-19)27-24(32)20(41-26(27)40)10-16-7-8-17(33-5)18(9-16)34-6/h7-10,19,21-23,25H,11H2,1-6H3/b20-10+. The van der Waals surface area contributed by atoms with Crippen LogP contribution in [0, 0.1) is 0 Å². The molecule has 1 aromatic rings. The van der Waals surface area contributed by atoms with Crippen molar-refractivity contribution in [2.45, 2.75) is 58.3 Å². The molecular formula is C26H29NO12S2. The summed E-state index contributed by atoms with van der Waals surface area (Å²) in [6, 6.07) is 5.05. The first-order valence-electron chi connectivity index (χ1n) is 12.2. The first-order valence-corrected chi connectivity index (χ1v) is 13.4. The number of thioether (sulfide) groups is 1. The molecule has 0 aliphatic carbocycles. The Morgan fingerprint density at radius 2 is 1.49 bits per heavy atom. The lowest BCUT2D eigenvalue weighted by molar-refractivity contribution is -0.268. The number of esters is 4. The van der Waals surface area contributed by atoms with E-state index in [0.29, 0.717) is 17.1 Å². The van der Waals surface area contributed by atoms with Gasteiger partial charge in [-0.25, -0.2) is 0 Å². The van der Waals surface area contributed by atoms with Gasteiger partial charge in [-0.1, -0.05) is 30.0 Å². The van der Waals surface area contributed by atoms with Crippen LogP contribution in [0.25, 0.3) is 6.08 Å². The molecule has 0 radical (unpaired) electrons. The Balaban J connectivity index is 2.05.